The predicted octanol–water partition coefficient (Wildman–Crippen LogP) is 4.04. The average molecular weight is 360 g/mol. The first-order valence-corrected chi connectivity index (χ1v) is 8.41. The van der Waals surface area contributed by atoms with Gasteiger partial charge in [0.25, 0.3) is 0 Å². The van der Waals surface area contributed by atoms with Crippen molar-refractivity contribution in [2.24, 2.45) is 0 Å². The molecule has 1 aromatic carbocycles. The molecule has 0 fully saturated rings. The van der Waals surface area contributed by atoms with Crippen LogP contribution in [0, 0.1) is 12.7 Å². The molecule has 0 amide bonds. The van der Waals surface area contributed by atoms with E-state index in [0.717, 1.165) is 42.2 Å². The van der Waals surface area contributed by atoms with Crippen molar-refractivity contribution in [2.75, 3.05) is 18.5 Å². The van der Waals surface area contributed by atoms with Gasteiger partial charge in [0.2, 0.25) is 0 Å². The molecule has 0 aliphatic rings. The lowest BCUT2D eigenvalue weighted by atomic mass is 10.1. The molecule has 130 valence electrons. The minimum Gasteiger partial charge on any atom is -0.360 e. The Kier molecular flexibility index (Phi) is 5.28. The van der Waals surface area contributed by atoms with Gasteiger partial charge >= 0.3 is 0 Å². The van der Waals surface area contributed by atoms with Crippen LogP contribution in [0.3, 0.4) is 0 Å². The number of halogens is 2. The summed E-state index contributed by atoms with van der Waals surface area (Å²) in [4.78, 5) is 10.5. The van der Waals surface area contributed by atoms with Gasteiger partial charge in [-0.15, -0.1) is 0 Å². The molecule has 0 aliphatic heterocycles. The number of nitrogens with zero attached hydrogens (tertiary/aromatic N) is 4. The summed E-state index contributed by atoms with van der Waals surface area (Å²) < 4.78 is 13.0. The SMILES string of the molecule is Cc1nc(Cl)cc(N(C)CCCc2cc(-c3ccc(F)cc3)n[nH]2)n1. The molecule has 0 atom stereocenters. The van der Waals surface area contributed by atoms with Gasteiger partial charge < -0.3 is 4.90 Å². The molecule has 7 heteroatoms. The van der Waals surface area contributed by atoms with Gasteiger partial charge in [0, 0.05) is 30.9 Å². The highest BCUT2D eigenvalue weighted by molar-refractivity contribution is 6.29. The number of anilines is 1. The smallest absolute Gasteiger partial charge is 0.134 e. The molecule has 0 spiro atoms. The van der Waals surface area contributed by atoms with Gasteiger partial charge in [0.05, 0.1) is 5.69 Å². The summed E-state index contributed by atoms with van der Waals surface area (Å²) in [6, 6.07) is 10.1. The van der Waals surface area contributed by atoms with Gasteiger partial charge in [-0.2, -0.15) is 5.10 Å². The first-order valence-electron chi connectivity index (χ1n) is 8.04. The third-order valence-electron chi connectivity index (χ3n) is 3.89. The molecule has 0 bridgehead atoms. The third-order valence-corrected chi connectivity index (χ3v) is 4.09. The highest BCUT2D eigenvalue weighted by Gasteiger charge is 2.08. The Bertz CT molecular complexity index is 827. The normalized spacial score (nSPS) is 10.9. The molecular weight excluding hydrogens is 341 g/mol. The van der Waals surface area contributed by atoms with Gasteiger partial charge in [-0.1, -0.05) is 11.6 Å². The monoisotopic (exact) mass is 359 g/mol. The van der Waals surface area contributed by atoms with E-state index in [-0.39, 0.29) is 5.82 Å². The predicted molar refractivity (Wildman–Crippen MR) is 97.4 cm³/mol. The topological polar surface area (TPSA) is 57.7 Å². The molecule has 0 saturated carbocycles. The second-order valence-electron chi connectivity index (χ2n) is 5.91. The molecule has 0 radical (unpaired) electrons. The maximum absolute atomic E-state index is 13.0. The largest absolute Gasteiger partial charge is 0.360 e. The number of nitrogens with one attached hydrogen (secondary N) is 1. The van der Waals surface area contributed by atoms with E-state index in [1.807, 2.05) is 20.0 Å². The molecule has 25 heavy (non-hydrogen) atoms. The summed E-state index contributed by atoms with van der Waals surface area (Å²) in [5, 5.41) is 7.79. The van der Waals surface area contributed by atoms with Gasteiger partial charge in [-0.05, 0) is 50.1 Å². The Morgan fingerprint density at radius 3 is 2.64 bits per heavy atom. The lowest BCUT2D eigenvalue weighted by Crippen LogP contribution is -2.20. The summed E-state index contributed by atoms with van der Waals surface area (Å²) in [6.45, 7) is 2.66. The van der Waals surface area contributed by atoms with Crippen LogP contribution in [0.2, 0.25) is 5.15 Å². The second-order valence-corrected chi connectivity index (χ2v) is 6.29. The van der Waals surface area contributed by atoms with E-state index in [4.69, 9.17) is 11.6 Å². The van der Waals surface area contributed by atoms with Crippen LogP contribution in [-0.2, 0) is 6.42 Å². The molecule has 2 heterocycles. The first kappa shape index (κ1) is 17.4. The fourth-order valence-corrected chi connectivity index (χ4v) is 2.81. The molecule has 5 nitrogen and oxygen atoms in total. The van der Waals surface area contributed by atoms with E-state index in [2.05, 4.69) is 25.1 Å². The van der Waals surface area contributed by atoms with Crippen molar-refractivity contribution in [3.8, 4) is 11.3 Å². The summed E-state index contributed by atoms with van der Waals surface area (Å²) in [7, 11) is 1.98. The van der Waals surface area contributed by atoms with E-state index in [1.54, 1.807) is 18.2 Å². The zero-order chi connectivity index (χ0) is 17.8. The summed E-state index contributed by atoms with van der Waals surface area (Å²) in [6.07, 6.45) is 1.79. The van der Waals surface area contributed by atoms with Crippen molar-refractivity contribution >= 4 is 17.4 Å². The van der Waals surface area contributed by atoms with Crippen molar-refractivity contribution < 1.29 is 4.39 Å². The van der Waals surface area contributed by atoms with Crippen molar-refractivity contribution in [3.05, 3.63) is 58.9 Å². The Balaban J connectivity index is 1.56. The summed E-state index contributed by atoms with van der Waals surface area (Å²) in [5.41, 5.74) is 2.76. The van der Waals surface area contributed by atoms with Crippen molar-refractivity contribution in [1.29, 1.82) is 0 Å². The van der Waals surface area contributed by atoms with Crippen LogP contribution in [0.25, 0.3) is 11.3 Å². The van der Waals surface area contributed by atoms with Crippen molar-refractivity contribution in [1.82, 2.24) is 20.2 Å². The van der Waals surface area contributed by atoms with Crippen LogP contribution in [0.15, 0.2) is 36.4 Å². The molecule has 0 unspecified atom stereocenters. The van der Waals surface area contributed by atoms with E-state index in [1.165, 1.54) is 12.1 Å². The number of benzene rings is 1. The second kappa shape index (κ2) is 7.61. The van der Waals surface area contributed by atoms with Crippen molar-refractivity contribution in [2.45, 2.75) is 19.8 Å². The van der Waals surface area contributed by atoms with Crippen LogP contribution in [-0.4, -0.2) is 33.8 Å². The number of aromatic amines is 1. The standard InChI is InChI=1S/C18H19ClFN5/c1-12-21-17(19)11-18(22-12)25(2)9-3-4-15-10-16(24-23-15)13-5-7-14(20)8-6-13/h5-8,10-11H,3-4,9H2,1-2H3,(H,23,24). The Hall–Kier alpha value is -2.47. The van der Waals surface area contributed by atoms with E-state index >= 15 is 0 Å². The van der Waals surface area contributed by atoms with Crippen LogP contribution in [0.5, 0.6) is 0 Å². The highest BCUT2D eigenvalue weighted by Crippen LogP contribution is 2.19. The fraction of sp³-hybridized carbons (Fsp3) is 0.278. The summed E-state index contributed by atoms with van der Waals surface area (Å²) in [5.74, 6) is 1.23. The molecule has 3 rings (SSSR count). The lowest BCUT2D eigenvalue weighted by Gasteiger charge is -2.18. The van der Waals surface area contributed by atoms with Crippen LogP contribution < -0.4 is 4.90 Å². The van der Waals surface area contributed by atoms with Crippen LogP contribution >= 0.6 is 11.6 Å². The fourth-order valence-electron chi connectivity index (χ4n) is 2.59. The Morgan fingerprint density at radius 2 is 1.92 bits per heavy atom. The maximum atomic E-state index is 13.0. The van der Waals surface area contributed by atoms with Gasteiger partial charge in [-0.3, -0.25) is 5.10 Å². The first-order chi connectivity index (χ1) is 12.0. The lowest BCUT2D eigenvalue weighted by molar-refractivity contribution is 0.628. The molecule has 0 saturated heterocycles. The average Bonchev–Trinajstić information content (AvgIpc) is 3.03. The van der Waals surface area contributed by atoms with Crippen molar-refractivity contribution in [3.63, 3.8) is 0 Å². The van der Waals surface area contributed by atoms with Gasteiger partial charge in [0.15, 0.2) is 0 Å². The number of aromatic nitrogens is 4. The Labute approximate surface area is 150 Å². The molecule has 3 aromatic rings. The van der Waals surface area contributed by atoms with E-state index in [0.29, 0.717) is 11.0 Å². The Morgan fingerprint density at radius 1 is 1.16 bits per heavy atom. The number of hydrogen-bond acceptors (Lipinski definition) is 4. The highest BCUT2D eigenvalue weighted by atomic mass is 35.5. The van der Waals surface area contributed by atoms with Gasteiger partial charge in [0.1, 0.15) is 22.6 Å². The minimum atomic E-state index is -0.248. The molecular formula is C18H19ClFN5. The zero-order valence-corrected chi connectivity index (χ0v) is 14.9. The minimum absolute atomic E-state index is 0.248. The van der Waals surface area contributed by atoms with E-state index in [9.17, 15) is 4.39 Å². The maximum Gasteiger partial charge on any atom is 0.134 e. The molecule has 1 N–H and O–H groups in total. The van der Waals surface area contributed by atoms with Crippen LogP contribution in [0.4, 0.5) is 10.2 Å². The molecule has 2 aromatic heterocycles. The number of rotatable bonds is 6. The number of H-pyrrole nitrogens is 1. The van der Waals surface area contributed by atoms with Gasteiger partial charge in [-0.25, -0.2) is 14.4 Å². The number of hydrogen-bond donors (Lipinski definition) is 1. The van der Waals surface area contributed by atoms with E-state index < -0.39 is 0 Å². The zero-order valence-electron chi connectivity index (χ0n) is 14.1. The summed E-state index contributed by atoms with van der Waals surface area (Å²) >= 11 is 5.98. The third kappa shape index (κ3) is 4.54. The number of aryl methyl sites for hydroxylation is 2. The quantitative estimate of drug-likeness (QED) is 0.675. The molecule has 0 aliphatic carbocycles. The van der Waals surface area contributed by atoms with Crippen LogP contribution in [0.1, 0.15) is 17.9 Å².